The van der Waals surface area contributed by atoms with Gasteiger partial charge in [-0.15, -0.1) is 0 Å². The summed E-state index contributed by atoms with van der Waals surface area (Å²) in [5.41, 5.74) is 5.82. The minimum atomic E-state index is 0.00681. The number of rotatable bonds is 4. The zero-order chi connectivity index (χ0) is 13.8. The number of nitrogens with two attached hydrogens (primary N) is 1. The zero-order valence-corrected chi connectivity index (χ0v) is 11.5. The summed E-state index contributed by atoms with van der Waals surface area (Å²) in [5, 5.41) is 0. The molecule has 2 aromatic rings. The number of hydrogen-bond donors (Lipinski definition) is 2. The molecule has 3 N–H and O–H groups in total. The summed E-state index contributed by atoms with van der Waals surface area (Å²) in [7, 11) is 0. The molecular weight excluding hydrogens is 248 g/mol. The van der Waals surface area contributed by atoms with E-state index in [2.05, 4.69) is 39.7 Å². The van der Waals surface area contributed by atoms with Crippen molar-refractivity contribution >= 4 is 0 Å². The van der Waals surface area contributed by atoms with Crippen LogP contribution >= 0.6 is 0 Å². The molecule has 2 unspecified atom stereocenters. The van der Waals surface area contributed by atoms with E-state index in [0.717, 1.165) is 12.2 Å². The van der Waals surface area contributed by atoms with E-state index < -0.39 is 0 Å². The third kappa shape index (κ3) is 2.71. The number of aryl methyl sites for hydroxylation is 1. The summed E-state index contributed by atoms with van der Waals surface area (Å²) in [4.78, 5) is 8.64. The lowest BCUT2D eigenvalue weighted by atomic mass is 9.79. The molecule has 4 nitrogen and oxygen atoms in total. The fourth-order valence-electron chi connectivity index (χ4n) is 3.12. The van der Waals surface area contributed by atoms with Crippen LogP contribution in [0.4, 0.5) is 0 Å². The number of nitrogens with zero attached hydrogens (tertiary/aromatic N) is 2. The predicted octanol–water partition coefficient (Wildman–Crippen LogP) is 2.49. The van der Waals surface area contributed by atoms with E-state index in [1.54, 1.807) is 12.4 Å². The lowest BCUT2D eigenvalue weighted by Gasteiger charge is -2.28. The van der Waals surface area contributed by atoms with Gasteiger partial charge in [0.25, 0.3) is 0 Å². The normalized spacial score (nSPS) is 19.4. The first kappa shape index (κ1) is 13.2. The Hall–Kier alpha value is -1.78. The van der Waals surface area contributed by atoms with Gasteiger partial charge in [0.2, 0.25) is 0 Å². The average Bonchev–Trinajstić information content (AvgIpc) is 2.53. The van der Waals surface area contributed by atoms with E-state index in [4.69, 9.17) is 5.84 Å². The lowest BCUT2D eigenvalue weighted by molar-refractivity contribution is 0.412. The van der Waals surface area contributed by atoms with Crippen molar-refractivity contribution < 1.29 is 0 Å². The summed E-state index contributed by atoms with van der Waals surface area (Å²) in [6, 6.07) is 10.6. The van der Waals surface area contributed by atoms with E-state index >= 15 is 0 Å². The van der Waals surface area contributed by atoms with Crippen LogP contribution in [0.2, 0.25) is 0 Å². The van der Waals surface area contributed by atoms with Crippen molar-refractivity contribution in [3.8, 4) is 0 Å². The van der Waals surface area contributed by atoms with Gasteiger partial charge >= 0.3 is 0 Å². The summed E-state index contributed by atoms with van der Waals surface area (Å²) >= 11 is 0. The van der Waals surface area contributed by atoms with Crippen LogP contribution in [0.1, 0.15) is 48.2 Å². The van der Waals surface area contributed by atoms with Crippen LogP contribution in [0.15, 0.2) is 42.7 Å². The highest BCUT2D eigenvalue weighted by molar-refractivity contribution is 5.32. The molecular formula is C16H20N4. The smallest absolute Gasteiger partial charge is 0.146 e. The Bertz CT molecular complexity index is 555. The van der Waals surface area contributed by atoms with Gasteiger partial charge in [-0.05, 0) is 48.8 Å². The van der Waals surface area contributed by atoms with Crippen molar-refractivity contribution in [2.24, 2.45) is 5.84 Å². The molecule has 20 heavy (non-hydrogen) atoms. The summed E-state index contributed by atoms with van der Waals surface area (Å²) in [5.74, 6) is 7.02. The molecule has 0 aliphatic heterocycles. The number of fused-ring (bicyclic) bond motifs is 1. The molecule has 0 amide bonds. The second-order valence-corrected chi connectivity index (χ2v) is 5.35. The van der Waals surface area contributed by atoms with E-state index in [1.165, 1.54) is 30.4 Å². The largest absolute Gasteiger partial charge is 0.271 e. The standard InChI is InChI=1S/C16H20N4/c17-20-15(16-18-9-4-10-19-16)11-13-7-3-6-12-5-1-2-8-14(12)13/h1-2,4-5,8-10,13,15,20H,3,6-7,11,17H2. The van der Waals surface area contributed by atoms with Crippen molar-refractivity contribution in [1.82, 2.24) is 15.4 Å². The van der Waals surface area contributed by atoms with Gasteiger partial charge in [-0.25, -0.2) is 15.4 Å². The molecule has 104 valence electrons. The maximum atomic E-state index is 5.71. The SMILES string of the molecule is NNC(CC1CCCc2ccccc21)c1ncccn1. The summed E-state index contributed by atoms with van der Waals surface area (Å²) in [6.45, 7) is 0. The Labute approximate surface area is 119 Å². The molecule has 2 atom stereocenters. The van der Waals surface area contributed by atoms with Gasteiger partial charge in [-0.2, -0.15) is 0 Å². The molecule has 0 radical (unpaired) electrons. The highest BCUT2D eigenvalue weighted by Gasteiger charge is 2.24. The van der Waals surface area contributed by atoms with E-state index in [0.29, 0.717) is 5.92 Å². The van der Waals surface area contributed by atoms with Gasteiger partial charge in [-0.1, -0.05) is 24.3 Å². The fourth-order valence-corrected chi connectivity index (χ4v) is 3.12. The minimum Gasteiger partial charge on any atom is -0.271 e. The predicted molar refractivity (Wildman–Crippen MR) is 78.8 cm³/mol. The fraction of sp³-hybridized carbons (Fsp3) is 0.375. The molecule has 0 fully saturated rings. The van der Waals surface area contributed by atoms with E-state index in [1.807, 2.05) is 6.07 Å². The molecule has 1 aliphatic carbocycles. The average molecular weight is 268 g/mol. The van der Waals surface area contributed by atoms with Crippen LogP contribution in [-0.2, 0) is 6.42 Å². The van der Waals surface area contributed by atoms with Gasteiger partial charge in [0.05, 0.1) is 6.04 Å². The third-order valence-corrected chi connectivity index (χ3v) is 4.11. The van der Waals surface area contributed by atoms with Crippen molar-refractivity contribution in [2.45, 2.75) is 37.6 Å². The molecule has 1 heterocycles. The van der Waals surface area contributed by atoms with Gasteiger partial charge in [0.15, 0.2) is 0 Å². The first-order chi connectivity index (χ1) is 9.88. The van der Waals surface area contributed by atoms with Gasteiger partial charge < -0.3 is 0 Å². The second-order valence-electron chi connectivity index (χ2n) is 5.35. The molecule has 0 saturated heterocycles. The highest BCUT2D eigenvalue weighted by Crippen LogP contribution is 2.36. The van der Waals surface area contributed by atoms with Crippen LogP contribution < -0.4 is 11.3 Å². The quantitative estimate of drug-likeness (QED) is 0.660. The van der Waals surface area contributed by atoms with Crippen LogP contribution in [0.3, 0.4) is 0 Å². The molecule has 0 spiro atoms. The maximum absolute atomic E-state index is 5.71. The third-order valence-electron chi connectivity index (χ3n) is 4.11. The maximum Gasteiger partial charge on any atom is 0.146 e. The molecule has 0 saturated carbocycles. The topological polar surface area (TPSA) is 63.8 Å². The summed E-state index contributed by atoms with van der Waals surface area (Å²) in [6.07, 6.45) is 8.12. The van der Waals surface area contributed by atoms with E-state index in [9.17, 15) is 0 Å². The highest BCUT2D eigenvalue weighted by atomic mass is 15.2. The Morgan fingerprint density at radius 3 is 2.80 bits per heavy atom. The number of hydrogen-bond acceptors (Lipinski definition) is 4. The lowest BCUT2D eigenvalue weighted by Crippen LogP contribution is -2.31. The van der Waals surface area contributed by atoms with Crippen molar-refractivity contribution in [1.29, 1.82) is 0 Å². The molecule has 1 aromatic carbocycles. The van der Waals surface area contributed by atoms with Crippen molar-refractivity contribution in [3.05, 3.63) is 59.7 Å². The van der Waals surface area contributed by atoms with Gasteiger partial charge in [0, 0.05) is 12.4 Å². The Kier molecular flexibility index (Phi) is 4.04. The summed E-state index contributed by atoms with van der Waals surface area (Å²) < 4.78 is 0. The number of aromatic nitrogens is 2. The molecule has 3 rings (SSSR count). The molecule has 1 aromatic heterocycles. The molecule has 0 bridgehead atoms. The zero-order valence-electron chi connectivity index (χ0n) is 11.5. The Morgan fingerprint density at radius 2 is 2.00 bits per heavy atom. The van der Waals surface area contributed by atoms with Crippen LogP contribution in [-0.4, -0.2) is 9.97 Å². The Morgan fingerprint density at radius 1 is 1.20 bits per heavy atom. The minimum absolute atomic E-state index is 0.00681. The molecule has 1 aliphatic rings. The van der Waals surface area contributed by atoms with Gasteiger partial charge in [0.1, 0.15) is 5.82 Å². The van der Waals surface area contributed by atoms with Crippen LogP contribution in [0.5, 0.6) is 0 Å². The number of hydrazine groups is 1. The molecule has 4 heteroatoms. The van der Waals surface area contributed by atoms with Crippen molar-refractivity contribution in [2.75, 3.05) is 0 Å². The number of nitrogens with one attached hydrogen (secondary N) is 1. The van der Waals surface area contributed by atoms with E-state index in [-0.39, 0.29) is 6.04 Å². The first-order valence-corrected chi connectivity index (χ1v) is 7.19. The monoisotopic (exact) mass is 268 g/mol. The first-order valence-electron chi connectivity index (χ1n) is 7.19. The van der Waals surface area contributed by atoms with Crippen LogP contribution in [0.25, 0.3) is 0 Å². The van der Waals surface area contributed by atoms with Crippen LogP contribution in [0, 0.1) is 0 Å². The Balaban J connectivity index is 1.81. The van der Waals surface area contributed by atoms with Gasteiger partial charge in [-0.3, -0.25) is 5.84 Å². The number of benzene rings is 1. The second kappa shape index (κ2) is 6.11. The van der Waals surface area contributed by atoms with Crippen molar-refractivity contribution in [3.63, 3.8) is 0 Å².